The van der Waals surface area contributed by atoms with E-state index in [1.165, 1.54) is 7.05 Å². The summed E-state index contributed by atoms with van der Waals surface area (Å²) in [7, 11) is 3.07. The third-order valence-corrected chi connectivity index (χ3v) is 6.28. The number of hydrogen-bond acceptors (Lipinski definition) is 6. The van der Waals surface area contributed by atoms with E-state index in [-0.39, 0.29) is 36.5 Å². The van der Waals surface area contributed by atoms with Crippen molar-refractivity contribution in [2.75, 3.05) is 14.2 Å². The standard InChI is InChI=1S/C26H41N3O6S/c1-15(2)11-19(22(36)14-23(30)28-21(26(33)34)12-16(3)4)24(31)29-20(25(32)27-5)13-17-7-9-18(35-6)10-8-17/h7-10,15-16,19-22,36H,11-14H2,1-6H3,(H,27,32)(H,28,30)(H,29,31)(H,33,34)/t19-,20+,21?,22+/m1/s1. The van der Waals surface area contributed by atoms with Gasteiger partial charge in [0, 0.05) is 25.1 Å². The summed E-state index contributed by atoms with van der Waals surface area (Å²) in [5.41, 5.74) is 0.844. The van der Waals surface area contributed by atoms with Crippen LogP contribution >= 0.6 is 12.6 Å². The largest absolute Gasteiger partial charge is 0.497 e. The molecule has 202 valence electrons. The molecular weight excluding hydrogens is 482 g/mol. The molecule has 0 aliphatic heterocycles. The molecule has 10 heteroatoms. The zero-order chi connectivity index (χ0) is 27.4. The topological polar surface area (TPSA) is 134 Å². The molecule has 1 aromatic rings. The number of carbonyl (C=O) groups excluding carboxylic acids is 3. The monoisotopic (exact) mass is 523 g/mol. The third-order valence-electron chi connectivity index (χ3n) is 5.74. The summed E-state index contributed by atoms with van der Waals surface area (Å²) < 4.78 is 5.17. The smallest absolute Gasteiger partial charge is 0.326 e. The number of aliphatic carboxylic acids is 1. The number of thiol groups is 1. The quantitative estimate of drug-likeness (QED) is 0.224. The maximum atomic E-state index is 13.3. The lowest BCUT2D eigenvalue weighted by Crippen LogP contribution is -2.50. The minimum absolute atomic E-state index is 0.0880. The summed E-state index contributed by atoms with van der Waals surface area (Å²) in [6.45, 7) is 7.66. The molecular formula is C26H41N3O6S. The fourth-order valence-electron chi connectivity index (χ4n) is 3.88. The predicted octanol–water partition coefficient (Wildman–Crippen LogP) is 2.43. The van der Waals surface area contributed by atoms with Crippen LogP contribution < -0.4 is 20.7 Å². The number of benzene rings is 1. The van der Waals surface area contributed by atoms with Crippen LogP contribution in [-0.2, 0) is 25.6 Å². The molecule has 3 amide bonds. The molecule has 36 heavy (non-hydrogen) atoms. The Morgan fingerprint density at radius 3 is 1.97 bits per heavy atom. The summed E-state index contributed by atoms with van der Waals surface area (Å²) in [5.74, 6) is -2.05. The second-order valence-corrected chi connectivity index (χ2v) is 10.5. The normalized spacial score (nSPS) is 14.5. The first-order chi connectivity index (χ1) is 16.9. The molecule has 4 atom stereocenters. The fraction of sp³-hybridized carbons (Fsp3) is 0.615. The molecule has 0 saturated carbocycles. The van der Waals surface area contributed by atoms with Crippen molar-refractivity contribution in [2.45, 2.75) is 70.7 Å². The number of ether oxygens (including phenoxy) is 1. The molecule has 0 aliphatic carbocycles. The van der Waals surface area contributed by atoms with Gasteiger partial charge in [0.2, 0.25) is 17.7 Å². The number of carbonyl (C=O) groups is 4. The van der Waals surface area contributed by atoms with Gasteiger partial charge in [-0.3, -0.25) is 14.4 Å². The van der Waals surface area contributed by atoms with Gasteiger partial charge in [-0.25, -0.2) is 4.79 Å². The van der Waals surface area contributed by atoms with Crippen molar-refractivity contribution in [1.29, 1.82) is 0 Å². The lowest BCUT2D eigenvalue weighted by atomic mass is 9.90. The van der Waals surface area contributed by atoms with Crippen molar-refractivity contribution in [3.05, 3.63) is 29.8 Å². The number of amides is 3. The second kappa shape index (κ2) is 15.4. The van der Waals surface area contributed by atoms with Gasteiger partial charge < -0.3 is 25.8 Å². The summed E-state index contributed by atoms with van der Waals surface area (Å²) >= 11 is 4.56. The van der Waals surface area contributed by atoms with Crippen molar-refractivity contribution in [3.63, 3.8) is 0 Å². The highest BCUT2D eigenvalue weighted by molar-refractivity contribution is 7.81. The van der Waals surface area contributed by atoms with Gasteiger partial charge in [-0.1, -0.05) is 39.8 Å². The van der Waals surface area contributed by atoms with Crippen molar-refractivity contribution in [3.8, 4) is 5.75 Å². The Morgan fingerprint density at radius 1 is 0.917 bits per heavy atom. The van der Waals surface area contributed by atoms with Gasteiger partial charge in [-0.15, -0.1) is 0 Å². The molecule has 9 nitrogen and oxygen atoms in total. The number of likely N-dealkylation sites (N-methyl/N-ethyl adjacent to an activating group) is 1. The first-order valence-electron chi connectivity index (χ1n) is 12.2. The van der Waals surface area contributed by atoms with E-state index in [1.54, 1.807) is 19.2 Å². The Hall–Kier alpha value is -2.75. The highest BCUT2D eigenvalue weighted by atomic mass is 32.1. The molecule has 1 unspecified atom stereocenters. The van der Waals surface area contributed by atoms with Gasteiger partial charge in [0.1, 0.15) is 17.8 Å². The second-order valence-electron chi connectivity index (χ2n) is 9.82. The molecule has 4 N–H and O–H groups in total. The Kier molecular flexibility index (Phi) is 13.4. The number of rotatable bonds is 15. The minimum Gasteiger partial charge on any atom is -0.497 e. The van der Waals surface area contributed by atoms with E-state index in [4.69, 9.17) is 4.74 Å². The summed E-state index contributed by atoms with van der Waals surface area (Å²) in [4.78, 5) is 50.0. The summed E-state index contributed by atoms with van der Waals surface area (Å²) in [6, 6.07) is 5.40. The van der Waals surface area contributed by atoms with Crippen molar-refractivity contribution in [1.82, 2.24) is 16.0 Å². The Bertz CT molecular complexity index is 875. The Morgan fingerprint density at radius 2 is 1.50 bits per heavy atom. The molecule has 0 aliphatic rings. The van der Waals surface area contributed by atoms with E-state index in [0.29, 0.717) is 18.6 Å². The number of methoxy groups -OCH3 is 1. The predicted molar refractivity (Wildman–Crippen MR) is 142 cm³/mol. The van der Waals surface area contributed by atoms with Crippen LogP contribution in [0, 0.1) is 17.8 Å². The summed E-state index contributed by atoms with van der Waals surface area (Å²) in [6.07, 6.45) is 0.897. The average Bonchev–Trinajstić information content (AvgIpc) is 2.80. The van der Waals surface area contributed by atoms with Crippen LogP contribution in [0.5, 0.6) is 5.75 Å². The van der Waals surface area contributed by atoms with Crippen molar-refractivity contribution < 1.29 is 29.0 Å². The molecule has 0 radical (unpaired) electrons. The van der Waals surface area contributed by atoms with E-state index < -0.39 is 35.1 Å². The molecule has 0 heterocycles. The van der Waals surface area contributed by atoms with Crippen LogP contribution in [0.25, 0.3) is 0 Å². The van der Waals surface area contributed by atoms with Crippen molar-refractivity contribution in [2.24, 2.45) is 17.8 Å². The first kappa shape index (κ1) is 31.3. The van der Waals surface area contributed by atoms with Crippen molar-refractivity contribution >= 4 is 36.3 Å². The van der Waals surface area contributed by atoms with Gasteiger partial charge in [-0.2, -0.15) is 12.6 Å². The van der Waals surface area contributed by atoms with E-state index >= 15 is 0 Å². The highest BCUT2D eigenvalue weighted by Gasteiger charge is 2.32. The Balaban J connectivity index is 2.97. The first-order valence-corrected chi connectivity index (χ1v) is 12.7. The fourth-order valence-corrected chi connectivity index (χ4v) is 4.31. The van der Waals surface area contributed by atoms with Crippen LogP contribution in [0.3, 0.4) is 0 Å². The number of hydrogen-bond donors (Lipinski definition) is 5. The Labute approximate surface area is 219 Å². The lowest BCUT2D eigenvalue weighted by Gasteiger charge is -2.27. The van der Waals surface area contributed by atoms with Crippen LogP contribution in [-0.4, -0.2) is 60.3 Å². The number of carboxylic acids is 1. The molecule has 0 saturated heterocycles. The number of nitrogens with one attached hydrogen (secondary N) is 3. The van der Waals surface area contributed by atoms with E-state index in [9.17, 15) is 24.3 Å². The molecule has 0 aromatic heterocycles. The van der Waals surface area contributed by atoms with Gasteiger partial charge in [0.05, 0.1) is 13.0 Å². The number of carboxylic acid groups (broad SMARTS) is 1. The highest BCUT2D eigenvalue weighted by Crippen LogP contribution is 2.23. The molecule has 1 rings (SSSR count). The van der Waals surface area contributed by atoms with Crippen LogP contribution in [0.1, 0.15) is 52.5 Å². The van der Waals surface area contributed by atoms with Gasteiger partial charge in [-0.05, 0) is 42.4 Å². The van der Waals surface area contributed by atoms with E-state index in [2.05, 4.69) is 28.6 Å². The zero-order valence-electron chi connectivity index (χ0n) is 22.0. The minimum atomic E-state index is -1.10. The van der Waals surface area contributed by atoms with Gasteiger partial charge in [0.25, 0.3) is 0 Å². The maximum absolute atomic E-state index is 13.3. The van der Waals surface area contributed by atoms with Crippen LogP contribution in [0.4, 0.5) is 0 Å². The third kappa shape index (κ3) is 10.9. The summed E-state index contributed by atoms with van der Waals surface area (Å²) in [5, 5.41) is 16.7. The maximum Gasteiger partial charge on any atom is 0.326 e. The van der Waals surface area contributed by atoms with Crippen LogP contribution in [0.2, 0.25) is 0 Å². The molecule has 0 spiro atoms. The lowest BCUT2D eigenvalue weighted by molar-refractivity contribution is -0.142. The zero-order valence-corrected chi connectivity index (χ0v) is 22.9. The molecule has 0 fully saturated rings. The average molecular weight is 524 g/mol. The van der Waals surface area contributed by atoms with E-state index in [1.807, 2.05) is 39.8 Å². The molecule has 0 bridgehead atoms. The van der Waals surface area contributed by atoms with Crippen LogP contribution in [0.15, 0.2) is 24.3 Å². The SMILES string of the molecule is CNC(=O)[C@H](Cc1ccc(OC)cc1)NC(=O)[C@H](CC(C)C)[C@@H](S)CC(=O)NC(CC(C)C)C(=O)O. The van der Waals surface area contributed by atoms with Gasteiger partial charge >= 0.3 is 5.97 Å². The van der Waals surface area contributed by atoms with E-state index in [0.717, 1.165) is 5.56 Å². The van der Waals surface area contributed by atoms with Gasteiger partial charge in [0.15, 0.2) is 0 Å². The molecule has 1 aromatic carbocycles.